The molecule has 0 unspecified atom stereocenters. The molecule has 0 aromatic heterocycles. The van der Waals surface area contributed by atoms with Gasteiger partial charge in [-0.2, -0.15) is 0 Å². The predicted molar refractivity (Wildman–Crippen MR) is 151 cm³/mol. The number of nitrogens with one attached hydrogen (secondary N) is 2. The Morgan fingerprint density at radius 3 is 1.50 bits per heavy atom. The van der Waals surface area contributed by atoms with Crippen molar-refractivity contribution in [2.45, 2.75) is 36.2 Å². The molecule has 2 amide bonds. The molecule has 2 rings (SSSR count). The van der Waals surface area contributed by atoms with E-state index in [9.17, 15) is 31.2 Å². The van der Waals surface area contributed by atoms with Crippen LogP contribution in [0, 0.1) is 0 Å². The molecule has 0 aliphatic carbocycles. The second-order valence-corrected chi connectivity index (χ2v) is 12.5. The lowest BCUT2D eigenvalue weighted by Gasteiger charge is -2.19. The van der Waals surface area contributed by atoms with E-state index in [2.05, 4.69) is 10.6 Å². The van der Waals surface area contributed by atoms with E-state index >= 15 is 0 Å². The van der Waals surface area contributed by atoms with Crippen molar-refractivity contribution in [3.63, 3.8) is 0 Å². The van der Waals surface area contributed by atoms with Gasteiger partial charge in [0.25, 0.3) is 5.91 Å². The minimum absolute atomic E-state index is 0.0207. The fourth-order valence-corrected chi connectivity index (χ4v) is 3.81. The Kier molecular flexibility index (Phi) is 14.5. The first-order valence-corrected chi connectivity index (χ1v) is 15.4. The Balaban J connectivity index is 0.000000563. The van der Waals surface area contributed by atoms with E-state index in [-0.39, 0.29) is 27.8 Å². The highest BCUT2D eigenvalue weighted by atomic mass is 32.2. The number of alkyl carbamates (subject to hydrolysis) is 1. The van der Waals surface area contributed by atoms with Gasteiger partial charge in [-0.05, 0) is 69.3 Å². The summed E-state index contributed by atoms with van der Waals surface area (Å²) in [6, 6.07) is 9.98. The number of sulfonamides is 2. The highest BCUT2D eigenvalue weighted by molar-refractivity contribution is 7.89. The number of carboxylic acids is 1. The molecule has 0 fully saturated rings. The minimum atomic E-state index is -3.78. The van der Waals surface area contributed by atoms with Gasteiger partial charge in [0, 0.05) is 18.7 Å². The summed E-state index contributed by atoms with van der Waals surface area (Å²) >= 11 is 0. The van der Waals surface area contributed by atoms with Gasteiger partial charge in [0.2, 0.25) is 20.0 Å². The quantitative estimate of drug-likeness (QED) is 0.192. The largest absolute Gasteiger partial charge is 0.478 e. The number of primary sulfonamides is 2. The third kappa shape index (κ3) is 15.4. The molecule has 42 heavy (non-hydrogen) atoms. The monoisotopic (exact) mass is 632 g/mol. The first-order valence-electron chi connectivity index (χ1n) is 12.3. The van der Waals surface area contributed by atoms with Crippen LogP contribution in [0.25, 0.3) is 0 Å². The van der Waals surface area contributed by atoms with E-state index in [0.717, 1.165) is 12.1 Å². The van der Waals surface area contributed by atoms with Gasteiger partial charge in [0.05, 0.1) is 41.8 Å². The molecule has 0 heterocycles. The van der Waals surface area contributed by atoms with Crippen LogP contribution in [-0.2, 0) is 34.3 Å². The lowest BCUT2D eigenvalue weighted by Crippen LogP contribution is -2.34. The zero-order valence-corrected chi connectivity index (χ0v) is 25.0. The van der Waals surface area contributed by atoms with Crippen LogP contribution in [0.3, 0.4) is 0 Å². The average molecular weight is 633 g/mol. The second-order valence-electron chi connectivity index (χ2n) is 9.35. The van der Waals surface area contributed by atoms with E-state index < -0.39 is 37.7 Å². The zero-order valence-electron chi connectivity index (χ0n) is 23.4. The summed E-state index contributed by atoms with van der Waals surface area (Å²) in [5, 5.41) is 23.5. The van der Waals surface area contributed by atoms with Crippen molar-refractivity contribution < 1.29 is 50.5 Å². The SMILES string of the molecule is CC(C)(C)OC(=O)NCCOCCOCCNC(=O)c1ccc(S(N)(=O)=O)cc1.NS(=O)(=O)c1ccc(C(=O)O)cc1. The normalized spacial score (nSPS) is 11.5. The van der Waals surface area contributed by atoms with Crippen molar-refractivity contribution >= 4 is 38.0 Å². The van der Waals surface area contributed by atoms with Gasteiger partial charge < -0.3 is 30.0 Å². The van der Waals surface area contributed by atoms with E-state index in [4.69, 9.17) is 29.6 Å². The minimum Gasteiger partial charge on any atom is -0.478 e. The Hall–Kier alpha value is -3.61. The molecule has 0 radical (unpaired) electrons. The van der Waals surface area contributed by atoms with Gasteiger partial charge in [-0.15, -0.1) is 0 Å². The van der Waals surface area contributed by atoms with Crippen LogP contribution in [0.4, 0.5) is 4.79 Å². The molecule has 0 bridgehead atoms. The van der Waals surface area contributed by atoms with Crippen LogP contribution in [0.2, 0.25) is 0 Å². The number of hydrogen-bond donors (Lipinski definition) is 5. The molecular formula is C25H36N4O11S2. The van der Waals surface area contributed by atoms with Gasteiger partial charge in [0.1, 0.15) is 5.60 Å². The van der Waals surface area contributed by atoms with Crippen LogP contribution in [0.1, 0.15) is 41.5 Å². The summed E-state index contributed by atoms with van der Waals surface area (Å²) in [5.74, 6) is -1.46. The second kappa shape index (κ2) is 16.7. The molecule has 0 spiro atoms. The molecule has 0 aliphatic rings. The Morgan fingerprint density at radius 1 is 0.714 bits per heavy atom. The maximum Gasteiger partial charge on any atom is 0.407 e. The van der Waals surface area contributed by atoms with Gasteiger partial charge in [0.15, 0.2) is 0 Å². The number of hydrogen-bond acceptors (Lipinski definition) is 10. The smallest absolute Gasteiger partial charge is 0.407 e. The number of carbonyl (C=O) groups is 3. The van der Waals surface area contributed by atoms with Crippen LogP contribution >= 0.6 is 0 Å². The van der Waals surface area contributed by atoms with E-state index in [1.54, 1.807) is 20.8 Å². The lowest BCUT2D eigenvalue weighted by molar-refractivity contribution is 0.0400. The molecule has 234 valence electrons. The van der Waals surface area contributed by atoms with Crippen LogP contribution in [0.15, 0.2) is 58.3 Å². The maximum absolute atomic E-state index is 11.9. The van der Waals surface area contributed by atoms with E-state index in [0.29, 0.717) is 38.5 Å². The third-order valence-corrected chi connectivity index (χ3v) is 6.55. The summed E-state index contributed by atoms with van der Waals surface area (Å²) in [7, 11) is -7.52. The summed E-state index contributed by atoms with van der Waals surface area (Å²) in [4.78, 5) is 33.6. The topological polar surface area (TPSA) is 244 Å². The molecule has 7 N–H and O–H groups in total. The molecule has 0 saturated heterocycles. The van der Waals surface area contributed by atoms with Crippen LogP contribution < -0.4 is 20.9 Å². The number of benzene rings is 2. The molecule has 0 atom stereocenters. The highest BCUT2D eigenvalue weighted by Gasteiger charge is 2.15. The summed E-state index contributed by atoms with van der Waals surface area (Å²) in [6.45, 7) is 7.27. The fraction of sp³-hybridized carbons (Fsp3) is 0.400. The van der Waals surface area contributed by atoms with Crippen molar-refractivity contribution in [3.8, 4) is 0 Å². The zero-order chi connectivity index (χ0) is 32.0. The van der Waals surface area contributed by atoms with Crippen LogP contribution in [0.5, 0.6) is 0 Å². The van der Waals surface area contributed by atoms with Gasteiger partial charge in [-0.3, -0.25) is 4.79 Å². The number of aromatic carboxylic acids is 1. The van der Waals surface area contributed by atoms with Crippen molar-refractivity contribution in [1.82, 2.24) is 10.6 Å². The predicted octanol–water partition coefficient (Wildman–Crippen LogP) is 0.654. The van der Waals surface area contributed by atoms with Gasteiger partial charge >= 0.3 is 12.1 Å². The molecule has 2 aromatic rings. The number of amides is 2. The van der Waals surface area contributed by atoms with Crippen molar-refractivity contribution in [2.24, 2.45) is 10.3 Å². The molecule has 17 heteroatoms. The summed E-state index contributed by atoms with van der Waals surface area (Å²) in [5.41, 5.74) is -0.200. The van der Waals surface area contributed by atoms with Gasteiger partial charge in [-0.1, -0.05) is 0 Å². The number of carbonyl (C=O) groups excluding carboxylic acids is 2. The molecule has 0 aliphatic heterocycles. The number of nitrogens with two attached hydrogens (primary N) is 2. The Labute approximate surface area is 244 Å². The summed E-state index contributed by atoms with van der Waals surface area (Å²) < 4.78 is 59.6. The number of ether oxygens (including phenoxy) is 3. The van der Waals surface area contributed by atoms with Gasteiger partial charge in [-0.25, -0.2) is 36.7 Å². The fourth-order valence-electron chi connectivity index (χ4n) is 2.78. The average Bonchev–Trinajstić information content (AvgIpc) is 2.88. The van der Waals surface area contributed by atoms with Crippen LogP contribution in [-0.4, -0.2) is 85.0 Å². The van der Waals surface area contributed by atoms with Crippen molar-refractivity contribution in [1.29, 1.82) is 0 Å². The van der Waals surface area contributed by atoms with Crippen molar-refractivity contribution in [2.75, 3.05) is 39.5 Å². The number of rotatable bonds is 13. The van der Waals surface area contributed by atoms with Crippen molar-refractivity contribution in [3.05, 3.63) is 59.7 Å². The highest BCUT2D eigenvalue weighted by Crippen LogP contribution is 2.09. The first-order chi connectivity index (χ1) is 19.4. The first kappa shape index (κ1) is 36.4. The standard InChI is InChI=1S/C18H29N3O7S.C7H7NO4S/c1-18(2,3)28-17(23)21-9-11-27-13-12-26-10-8-20-16(22)14-4-6-15(7-5-14)29(19,24)25;8-13(11,12)6-3-1-5(2-4-6)7(9)10/h4-7H,8-13H2,1-3H3,(H,20,22)(H,21,23)(H2,19,24,25);1-4H,(H,9,10)(H2,8,11,12). The molecular weight excluding hydrogens is 596 g/mol. The summed E-state index contributed by atoms with van der Waals surface area (Å²) in [6.07, 6.45) is -0.493. The van der Waals surface area contributed by atoms with E-state index in [1.165, 1.54) is 36.4 Å². The molecule has 0 saturated carbocycles. The maximum atomic E-state index is 11.9. The number of carboxylic acid groups (broad SMARTS) is 1. The Bertz CT molecular complexity index is 1390. The Morgan fingerprint density at radius 2 is 1.12 bits per heavy atom. The third-order valence-electron chi connectivity index (χ3n) is 4.69. The molecule has 2 aromatic carbocycles. The van der Waals surface area contributed by atoms with E-state index in [1.807, 2.05) is 0 Å². The lowest BCUT2D eigenvalue weighted by atomic mass is 10.2. The molecule has 15 nitrogen and oxygen atoms in total.